The van der Waals surface area contributed by atoms with E-state index in [9.17, 15) is 9.90 Å². The Balaban J connectivity index is 1.49. The van der Waals surface area contributed by atoms with E-state index in [0.29, 0.717) is 21.5 Å². The number of nitrogens with zero attached hydrogens (tertiary/aromatic N) is 3. The zero-order valence-corrected chi connectivity index (χ0v) is 18.4. The Morgan fingerprint density at radius 3 is 2.47 bits per heavy atom. The quantitative estimate of drug-likeness (QED) is 0.497. The molecule has 3 aromatic rings. The van der Waals surface area contributed by atoms with Crippen molar-refractivity contribution in [2.24, 2.45) is 10.1 Å². The molecule has 5 rings (SSSR count). The van der Waals surface area contributed by atoms with Crippen molar-refractivity contribution in [1.29, 1.82) is 0 Å². The molecule has 0 saturated carbocycles. The summed E-state index contributed by atoms with van der Waals surface area (Å²) in [6.45, 7) is 0. The van der Waals surface area contributed by atoms with E-state index in [4.69, 9.17) is 16.7 Å². The number of aliphatic imine (C=N–C) groups is 1. The van der Waals surface area contributed by atoms with Crippen LogP contribution in [0, 0.1) is 0 Å². The van der Waals surface area contributed by atoms with Crippen LogP contribution in [0.25, 0.3) is 6.08 Å². The van der Waals surface area contributed by atoms with Gasteiger partial charge in [-0.1, -0.05) is 72.3 Å². The number of carbonyl (C=O) groups excluding carboxylic acids is 1. The van der Waals surface area contributed by atoms with Gasteiger partial charge in [-0.25, -0.2) is 5.01 Å². The fourth-order valence-electron chi connectivity index (χ4n) is 3.71. The largest absolute Gasteiger partial charge is 0.508 e. The third-order valence-corrected chi connectivity index (χ3v) is 6.51. The minimum absolute atomic E-state index is 0.193. The number of phenols is 1. The van der Waals surface area contributed by atoms with Crippen molar-refractivity contribution in [1.82, 2.24) is 5.01 Å². The summed E-state index contributed by atoms with van der Waals surface area (Å²) in [6, 6.07) is 24.1. The molecule has 32 heavy (non-hydrogen) atoms. The molecule has 0 aromatic heterocycles. The number of phenolic OH excluding ortho intramolecular Hbond substituents is 1. The maximum atomic E-state index is 12.6. The van der Waals surface area contributed by atoms with E-state index in [1.807, 2.05) is 54.6 Å². The van der Waals surface area contributed by atoms with Crippen LogP contribution in [0.2, 0.25) is 5.02 Å². The average Bonchev–Trinajstić information content (AvgIpc) is 3.40. The van der Waals surface area contributed by atoms with Gasteiger partial charge in [0.1, 0.15) is 5.75 Å². The van der Waals surface area contributed by atoms with Gasteiger partial charge in [-0.3, -0.25) is 4.79 Å². The van der Waals surface area contributed by atoms with Gasteiger partial charge in [0.15, 0.2) is 5.17 Å². The van der Waals surface area contributed by atoms with Crippen molar-refractivity contribution in [2.75, 3.05) is 0 Å². The smallest absolute Gasteiger partial charge is 0.286 e. The lowest BCUT2D eigenvalue weighted by atomic mass is 9.98. The highest BCUT2D eigenvalue weighted by Crippen LogP contribution is 2.41. The van der Waals surface area contributed by atoms with E-state index in [2.05, 4.69) is 4.99 Å². The minimum Gasteiger partial charge on any atom is -0.508 e. The number of hydrogen-bond donors (Lipinski definition) is 1. The first-order valence-corrected chi connectivity index (χ1v) is 11.3. The van der Waals surface area contributed by atoms with Crippen molar-refractivity contribution in [2.45, 2.75) is 12.5 Å². The zero-order valence-electron chi connectivity index (χ0n) is 16.9. The average molecular weight is 460 g/mol. The molecule has 2 aliphatic rings. The molecule has 2 heterocycles. The van der Waals surface area contributed by atoms with Crippen LogP contribution in [0.4, 0.5) is 0 Å². The monoisotopic (exact) mass is 459 g/mol. The Hall–Kier alpha value is -3.35. The van der Waals surface area contributed by atoms with E-state index in [-0.39, 0.29) is 17.7 Å². The maximum absolute atomic E-state index is 12.6. The number of halogens is 1. The van der Waals surface area contributed by atoms with Crippen LogP contribution in [0.5, 0.6) is 5.75 Å². The molecular formula is C25H18ClN3O2S. The second-order valence-corrected chi connectivity index (χ2v) is 8.84. The molecule has 1 N–H and O–H groups in total. The Kier molecular flexibility index (Phi) is 5.55. The van der Waals surface area contributed by atoms with Gasteiger partial charge in [-0.2, -0.15) is 10.1 Å². The number of rotatable bonds is 3. The molecule has 5 nitrogen and oxygen atoms in total. The van der Waals surface area contributed by atoms with Crippen molar-refractivity contribution < 1.29 is 9.90 Å². The van der Waals surface area contributed by atoms with Gasteiger partial charge < -0.3 is 5.11 Å². The zero-order chi connectivity index (χ0) is 22.1. The molecule has 0 aliphatic carbocycles. The Bertz CT molecular complexity index is 1270. The van der Waals surface area contributed by atoms with Crippen molar-refractivity contribution in [3.05, 3.63) is 105 Å². The molecule has 0 saturated heterocycles. The van der Waals surface area contributed by atoms with Crippen molar-refractivity contribution in [3.8, 4) is 5.75 Å². The van der Waals surface area contributed by atoms with Gasteiger partial charge in [-0.05, 0) is 47.2 Å². The number of aromatic hydroxyl groups is 1. The molecule has 2 aliphatic heterocycles. The number of para-hydroxylation sites is 1. The minimum atomic E-state index is -0.306. The van der Waals surface area contributed by atoms with E-state index < -0.39 is 0 Å². The standard InChI is InChI=1S/C25H18ClN3O2S/c26-18-12-10-16(11-13-18)14-23-24(31)27-25(32-23)29-21(19-8-4-5-9-22(19)30)15-20(28-29)17-6-2-1-3-7-17/h1-14,21,30H,15H2/b23-14-. The molecule has 0 radical (unpaired) electrons. The predicted molar refractivity (Wildman–Crippen MR) is 130 cm³/mol. The molecule has 0 fully saturated rings. The molecule has 0 bridgehead atoms. The number of amides is 1. The highest BCUT2D eigenvalue weighted by atomic mass is 35.5. The number of hydrogen-bond acceptors (Lipinski definition) is 5. The number of thioether (sulfide) groups is 1. The van der Waals surface area contributed by atoms with Gasteiger partial charge >= 0.3 is 0 Å². The van der Waals surface area contributed by atoms with Gasteiger partial charge in [0.25, 0.3) is 5.91 Å². The summed E-state index contributed by atoms with van der Waals surface area (Å²) >= 11 is 7.24. The van der Waals surface area contributed by atoms with Crippen LogP contribution >= 0.6 is 23.4 Å². The van der Waals surface area contributed by atoms with Crippen molar-refractivity contribution >= 4 is 46.2 Å². The van der Waals surface area contributed by atoms with Crippen LogP contribution in [0.3, 0.4) is 0 Å². The normalized spacial score (nSPS) is 19.4. The topological polar surface area (TPSA) is 65.3 Å². The lowest BCUT2D eigenvalue weighted by Gasteiger charge is -2.23. The van der Waals surface area contributed by atoms with Gasteiger partial charge in [0.05, 0.1) is 16.7 Å². The summed E-state index contributed by atoms with van der Waals surface area (Å²) in [4.78, 5) is 17.4. The summed E-state index contributed by atoms with van der Waals surface area (Å²) < 4.78 is 0. The van der Waals surface area contributed by atoms with Crippen LogP contribution in [-0.4, -0.2) is 26.9 Å². The lowest BCUT2D eigenvalue weighted by molar-refractivity contribution is -0.113. The molecule has 1 atom stereocenters. The summed E-state index contributed by atoms with van der Waals surface area (Å²) in [6.07, 6.45) is 2.39. The first-order valence-electron chi connectivity index (χ1n) is 10.1. The maximum Gasteiger partial charge on any atom is 0.286 e. The van der Waals surface area contributed by atoms with Crippen LogP contribution in [0.15, 0.2) is 93.9 Å². The highest BCUT2D eigenvalue weighted by molar-refractivity contribution is 8.18. The molecule has 7 heteroatoms. The third kappa shape index (κ3) is 4.07. The second-order valence-electron chi connectivity index (χ2n) is 7.40. The summed E-state index contributed by atoms with van der Waals surface area (Å²) in [5.74, 6) is -0.113. The third-order valence-electron chi connectivity index (χ3n) is 5.29. The van der Waals surface area contributed by atoms with Crippen LogP contribution in [0.1, 0.15) is 29.2 Å². The molecule has 0 spiro atoms. The predicted octanol–water partition coefficient (Wildman–Crippen LogP) is 5.87. The van der Waals surface area contributed by atoms with E-state index in [1.165, 1.54) is 11.8 Å². The number of amidine groups is 1. The molecule has 1 amide bonds. The Morgan fingerprint density at radius 2 is 1.72 bits per heavy atom. The fourth-order valence-corrected chi connectivity index (χ4v) is 4.75. The Labute approximate surface area is 194 Å². The highest BCUT2D eigenvalue weighted by Gasteiger charge is 2.37. The van der Waals surface area contributed by atoms with Crippen LogP contribution in [-0.2, 0) is 4.79 Å². The summed E-state index contributed by atoms with van der Waals surface area (Å²) in [5.41, 5.74) is 3.49. The van der Waals surface area contributed by atoms with Crippen LogP contribution < -0.4 is 0 Å². The SMILES string of the molecule is O=C1N=C(N2N=C(c3ccccc3)CC2c2ccccc2O)S/C1=C\c1ccc(Cl)cc1. The molecular weight excluding hydrogens is 442 g/mol. The van der Waals surface area contributed by atoms with E-state index in [1.54, 1.807) is 35.4 Å². The number of hydrazone groups is 1. The van der Waals surface area contributed by atoms with Gasteiger partial charge in [0.2, 0.25) is 0 Å². The fraction of sp³-hybridized carbons (Fsp3) is 0.0800. The molecule has 3 aromatic carbocycles. The van der Waals surface area contributed by atoms with E-state index >= 15 is 0 Å². The van der Waals surface area contributed by atoms with Gasteiger partial charge in [0, 0.05) is 17.0 Å². The number of carbonyl (C=O) groups is 1. The summed E-state index contributed by atoms with van der Waals surface area (Å²) in [5, 5.41) is 18.2. The first kappa shape index (κ1) is 20.5. The molecule has 158 valence electrons. The number of benzene rings is 3. The van der Waals surface area contributed by atoms with Gasteiger partial charge in [-0.15, -0.1) is 0 Å². The lowest BCUT2D eigenvalue weighted by Crippen LogP contribution is -2.23. The van der Waals surface area contributed by atoms with Crippen molar-refractivity contribution in [3.63, 3.8) is 0 Å². The second kappa shape index (κ2) is 8.65. The first-order chi connectivity index (χ1) is 15.6. The van der Waals surface area contributed by atoms with E-state index in [0.717, 1.165) is 22.4 Å². The molecule has 1 unspecified atom stereocenters. The Morgan fingerprint density at radius 1 is 1.00 bits per heavy atom. The summed E-state index contributed by atoms with van der Waals surface area (Å²) in [7, 11) is 0.